The summed E-state index contributed by atoms with van der Waals surface area (Å²) in [5, 5.41) is 13.1. The van der Waals surface area contributed by atoms with Crippen molar-refractivity contribution in [3.63, 3.8) is 0 Å². The first-order chi connectivity index (χ1) is 13.8. The van der Waals surface area contributed by atoms with Crippen molar-refractivity contribution in [3.8, 4) is 5.75 Å². The van der Waals surface area contributed by atoms with Gasteiger partial charge < -0.3 is 10.1 Å². The zero-order chi connectivity index (χ0) is 22.7. The Kier molecular flexibility index (Phi) is 6.70. The van der Waals surface area contributed by atoms with E-state index in [-0.39, 0.29) is 5.69 Å². The molecule has 0 aliphatic rings. The van der Waals surface area contributed by atoms with Crippen LogP contribution in [-0.2, 0) is 21.8 Å². The second kappa shape index (κ2) is 8.69. The number of carbonyl (C=O) groups excluding carboxylic acids is 1. The lowest BCUT2D eigenvalue weighted by atomic mass is 10.2. The molecule has 0 unspecified atom stereocenters. The number of hydrogen-bond donors (Lipinski definition) is 1. The van der Waals surface area contributed by atoms with Gasteiger partial charge in [-0.2, -0.15) is 26.3 Å². The highest BCUT2D eigenvalue weighted by molar-refractivity contribution is 7.86. The SMILES string of the molecule is O=C(COc1ccc([S@@](=O)C(F)(F)F)cc1[N+](=O)[O-])Nc1cccc(C(F)(F)F)c1. The van der Waals surface area contributed by atoms with Gasteiger partial charge in [0.25, 0.3) is 5.91 Å². The van der Waals surface area contributed by atoms with Crippen LogP contribution in [0.2, 0.25) is 0 Å². The molecule has 0 saturated carbocycles. The fraction of sp³-hybridized carbons (Fsp3) is 0.188. The topological polar surface area (TPSA) is 98.5 Å². The first-order valence-electron chi connectivity index (χ1n) is 7.66. The Bertz CT molecular complexity index is 993. The second-order valence-electron chi connectivity index (χ2n) is 5.52. The Balaban J connectivity index is 2.12. The maximum absolute atomic E-state index is 12.7. The van der Waals surface area contributed by atoms with Crippen LogP contribution >= 0.6 is 0 Å². The maximum atomic E-state index is 12.7. The molecule has 2 rings (SSSR count). The molecule has 0 heterocycles. The Hall–Kier alpha value is -3.16. The van der Waals surface area contributed by atoms with E-state index >= 15 is 0 Å². The number of alkyl halides is 6. The van der Waals surface area contributed by atoms with Crippen LogP contribution in [0.1, 0.15) is 5.56 Å². The number of rotatable bonds is 6. The van der Waals surface area contributed by atoms with E-state index < -0.39 is 61.8 Å². The van der Waals surface area contributed by atoms with Gasteiger partial charge in [-0.25, -0.2) is 4.21 Å². The highest BCUT2D eigenvalue weighted by Gasteiger charge is 2.39. The van der Waals surface area contributed by atoms with E-state index in [9.17, 15) is 45.5 Å². The number of carbonyl (C=O) groups is 1. The van der Waals surface area contributed by atoms with E-state index in [0.717, 1.165) is 24.3 Å². The minimum Gasteiger partial charge on any atom is -0.477 e. The number of ether oxygens (including phenoxy) is 1. The molecule has 162 valence electrons. The molecule has 0 saturated heterocycles. The molecule has 0 aliphatic carbocycles. The maximum Gasteiger partial charge on any atom is 0.475 e. The Labute approximate surface area is 166 Å². The predicted molar refractivity (Wildman–Crippen MR) is 91.1 cm³/mol. The summed E-state index contributed by atoms with van der Waals surface area (Å²) < 4.78 is 91.7. The van der Waals surface area contributed by atoms with Gasteiger partial charge in [0, 0.05) is 11.8 Å². The van der Waals surface area contributed by atoms with Crippen molar-refractivity contribution in [1.29, 1.82) is 0 Å². The van der Waals surface area contributed by atoms with Crippen molar-refractivity contribution in [2.24, 2.45) is 0 Å². The third-order valence-electron chi connectivity index (χ3n) is 3.38. The van der Waals surface area contributed by atoms with Gasteiger partial charge in [0.1, 0.15) is 0 Å². The fourth-order valence-corrected chi connectivity index (χ4v) is 2.80. The zero-order valence-electron chi connectivity index (χ0n) is 14.4. The Morgan fingerprint density at radius 2 is 1.77 bits per heavy atom. The molecule has 1 N–H and O–H groups in total. The Morgan fingerprint density at radius 1 is 1.10 bits per heavy atom. The first kappa shape index (κ1) is 23.1. The third kappa shape index (κ3) is 5.92. The number of nitrogens with zero attached hydrogens (tertiary/aromatic N) is 1. The molecule has 0 fully saturated rings. The van der Waals surface area contributed by atoms with Gasteiger partial charge in [-0.15, -0.1) is 0 Å². The molecule has 0 aromatic heterocycles. The van der Waals surface area contributed by atoms with Gasteiger partial charge in [0.15, 0.2) is 23.2 Å². The van der Waals surface area contributed by atoms with Gasteiger partial charge >= 0.3 is 17.4 Å². The predicted octanol–water partition coefficient (Wildman–Crippen LogP) is 4.26. The molecule has 1 amide bonds. The summed E-state index contributed by atoms with van der Waals surface area (Å²) in [5.41, 5.74) is -7.35. The second-order valence-corrected chi connectivity index (χ2v) is 6.99. The number of amides is 1. The number of anilines is 1. The molecule has 0 radical (unpaired) electrons. The van der Waals surface area contributed by atoms with Crippen LogP contribution in [-0.4, -0.2) is 27.2 Å². The summed E-state index contributed by atoms with van der Waals surface area (Å²) in [5.74, 6) is -1.58. The van der Waals surface area contributed by atoms with Crippen molar-refractivity contribution < 1.29 is 45.0 Å². The van der Waals surface area contributed by atoms with Crippen LogP contribution in [0.4, 0.5) is 37.7 Å². The van der Waals surface area contributed by atoms with Gasteiger partial charge in [-0.3, -0.25) is 14.9 Å². The van der Waals surface area contributed by atoms with Crippen molar-refractivity contribution in [3.05, 3.63) is 58.1 Å². The molecule has 14 heteroatoms. The highest BCUT2D eigenvalue weighted by Crippen LogP contribution is 2.34. The van der Waals surface area contributed by atoms with E-state index in [1.165, 1.54) is 0 Å². The van der Waals surface area contributed by atoms with Gasteiger partial charge in [0.05, 0.1) is 15.4 Å². The molecule has 7 nitrogen and oxygen atoms in total. The van der Waals surface area contributed by atoms with Crippen LogP contribution in [0.15, 0.2) is 47.4 Å². The van der Waals surface area contributed by atoms with Crippen LogP contribution in [0.5, 0.6) is 5.75 Å². The molecule has 2 aromatic carbocycles. The quantitative estimate of drug-likeness (QED) is 0.398. The molecule has 0 spiro atoms. The van der Waals surface area contributed by atoms with Gasteiger partial charge in [-0.1, -0.05) is 6.07 Å². The van der Waals surface area contributed by atoms with Crippen LogP contribution in [0, 0.1) is 10.1 Å². The number of benzene rings is 2. The molecule has 30 heavy (non-hydrogen) atoms. The molecular formula is C16H10F6N2O5S. The molecular weight excluding hydrogens is 446 g/mol. The lowest BCUT2D eigenvalue weighted by Gasteiger charge is -2.11. The van der Waals surface area contributed by atoms with Gasteiger partial charge in [0.2, 0.25) is 0 Å². The summed E-state index contributed by atoms with van der Waals surface area (Å²) >= 11 is 0. The number of nitro benzene ring substituents is 1. The van der Waals surface area contributed by atoms with Crippen LogP contribution in [0.3, 0.4) is 0 Å². The Morgan fingerprint density at radius 3 is 2.33 bits per heavy atom. The van der Waals surface area contributed by atoms with Crippen LogP contribution in [0.25, 0.3) is 0 Å². The normalized spacial score (nSPS) is 12.9. The monoisotopic (exact) mass is 456 g/mol. The third-order valence-corrected chi connectivity index (χ3v) is 4.49. The average Bonchev–Trinajstić information content (AvgIpc) is 2.64. The molecule has 0 aliphatic heterocycles. The van der Waals surface area contributed by atoms with Gasteiger partial charge in [-0.05, 0) is 30.3 Å². The molecule has 0 bridgehead atoms. The highest BCUT2D eigenvalue weighted by atomic mass is 32.2. The van der Waals surface area contributed by atoms with Crippen molar-refractivity contribution in [2.45, 2.75) is 16.6 Å². The number of hydrogen-bond acceptors (Lipinski definition) is 5. The lowest BCUT2D eigenvalue weighted by molar-refractivity contribution is -0.386. The summed E-state index contributed by atoms with van der Waals surface area (Å²) in [6.07, 6.45) is -4.64. The minimum absolute atomic E-state index is 0.219. The summed E-state index contributed by atoms with van der Waals surface area (Å²) in [6, 6.07) is 5.44. The number of nitro groups is 1. The summed E-state index contributed by atoms with van der Waals surface area (Å²) in [6.45, 7) is -0.890. The average molecular weight is 456 g/mol. The lowest BCUT2D eigenvalue weighted by Crippen LogP contribution is -2.21. The minimum atomic E-state index is -5.14. The standard InChI is InChI=1S/C16H10F6N2O5S/c17-15(18,19)9-2-1-3-10(6-9)23-14(25)8-29-13-5-4-11(7-12(13)24(26)27)30(28)16(20,21)22/h1-7H,8H2,(H,23,25)/t30-/m1/s1. The fourth-order valence-electron chi connectivity index (χ4n) is 2.12. The number of halogens is 6. The van der Waals surface area contributed by atoms with E-state index in [1.54, 1.807) is 0 Å². The summed E-state index contributed by atoms with van der Waals surface area (Å²) in [4.78, 5) is 20.9. The van der Waals surface area contributed by atoms with E-state index in [4.69, 9.17) is 4.74 Å². The van der Waals surface area contributed by atoms with Crippen molar-refractivity contribution in [1.82, 2.24) is 0 Å². The largest absolute Gasteiger partial charge is 0.477 e. The number of nitrogens with one attached hydrogen (secondary N) is 1. The van der Waals surface area contributed by atoms with E-state index in [1.807, 2.05) is 0 Å². The van der Waals surface area contributed by atoms with Crippen LogP contribution < -0.4 is 10.1 Å². The summed E-state index contributed by atoms with van der Waals surface area (Å²) in [7, 11) is -3.52. The zero-order valence-corrected chi connectivity index (χ0v) is 15.2. The van der Waals surface area contributed by atoms with Crippen molar-refractivity contribution in [2.75, 3.05) is 11.9 Å². The first-order valence-corrected chi connectivity index (χ1v) is 8.81. The smallest absolute Gasteiger partial charge is 0.475 e. The van der Waals surface area contributed by atoms with Crippen molar-refractivity contribution >= 4 is 28.1 Å². The molecule has 1 atom stereocenters. The molecule has 2 aromatic rings. The van der Waals surface area contributed by atoms with E-state index in [0.29, 0.717) is 18.2 Å². The van der Waals surface area contributed by atoms with E-state index in [2.05, 4.69) is 5.32 Å².